The molecule has 7 heteroatoms. The molecule has 0 saturated carbocycles. The molecule has 0 aliphatic heterocycles. The van der Waals surface area contributed by atoms with Crippen LogP contribution in [0.5, 0.6) is 0 Å². The molecular weight excluding hydrogens is 242 g/mol. The van der Waals surface area contributed by atoms with Crippen molar-refractivity contribution in [3.63, 3.8) is 0 Å². The number of rotatable bonds is 3. The van der Waals surface area contributed by atoms with Gasteiger partial charge in [-0.05, 0) is 24.1 Å². The molecule has 0 spiro atoms. The Morgan fingerprint density at radius 1 is 1.41 bits per heavy atom. The first-order valence-electron chi connectivity index (χ1n) is 4.56. The summed E-state index contributed by atoms with van der Waals surface area (Å²) in [6, 6.07) is 0.972. The predicted molar refractivity (Wildman–Crippen MR) is 50.7 cm³/mol. The molecule has 3 N–H and O–H groups in total. The van der Waals surface area contributed by atoms with E-state index < -0.39 is 29.6 Å². The Morgan fingerprint density at radius 2 is 2.00 bits per heavy atom. The maximum absolute atomic E-state index is 12.9. The van der Waals surface area contributed by atoms with Gasteiger partial charge in [-0.15, -0.1) is 0 Å². The molecule has 0 aliphatic rings. The van der Waals surface area contributed by atoms with Crippen LogP contribution in [-0.2, 0) is 17.4 Å². The van der Waals surface area contributed by atoms with Gasteiger partial charge >= 0.3 is 12.1 Å². The van der Waals surface area contributed by atoms with Gasteiger partial charge in [0.15, 0.2) is 0 Å². The van der Waals surface area contributed by atoms with Crippen LogP contribution in [0.25, 0.3) is 0 Å². The first-order valence-corrected chi connectivity index (χ1v) is 4.56. The Kier molecular flexibility index (Phi) is 3.72. The first kappa shape index (κ1) is 13.4. The van der Waals surface area contributed by atoms with E-state index in [0.717, 1.165) is 6.07 Å². The number of alkyl halides is 3. The van der Waals surface area contributed by atoms with Gasteiger partial charge in [-0.1, -0.05) is 6.07 Å². The van der Waals surface area contributed by atoms with Gasteiger partial charge in [-0.25, -0.2) is 4.39 Å². The molecule has 1 unspecified atom stereocenters. The summed E-state index contributed by atoms with van der Waals surface area (Å²) in [7, 11) is 0. The average Bonchev–Trinajstić information content (AvgIpc) is 2.19. The molecule has 0 saturated heterocycles. The second kappa shape index (κ2) is 4.70. The van der Waals surface area contributed by atoms with Gasteiger partial charge in [0, 0.05) is 0 Å². The Labute approximate surface area is 93.8 Å². The maximum atomic E-state index is 12.9. The zero-order valence-electron chi connectivity index (χ0n) is 8.46. The molecule has 0 bridgehead atoms. The molecular formula is C10H9F4NO2. The minimum atomic E-state index is -4.81. The smallest absolute Gasteiger partial charge is 0.419 e. The van der Waals surface area contributed by atoms with E-state index in [2.05, 4.69) is 0 Å². The number of halogens is 4. The fraction of sp³-hybridized carbons (Fsp3) is 0.300. The van der Waals surface area contributed by atoms with Crippen LogP contribution in [0.3, 0.4) is 0 Å². The standard InChI is InChI=1S/C10H9F4NO2/c11-7-2-1-5(4-8(15)9(16)17)3-6(7)10(12,13)14/h1-3,8H,4,15H2,(H,16,17). The number of benzene rings is 1. The Morgan fingerprint density at radius 3 is 2.47 bits per heavy atom. The molecule has 1 aromatic rings. The van der Waals surface area contributed by atoms with E-state index in [4.69, 9.17) is 10.8 Å². The van der Waals surface area contributed by atoms with Crippen molar-refractivity contribution in [3.8, 4) is 0 Å². The molecule has 0 aromatic heterocycles. The third-order valence-corrected chi connectivity index (χ3v) is 2.11. The zero-order valence-corrected chi connectivity index (χ0v) is 8.46. The van der Waals surface area contributed by atoms with Crippen LogP contribution >= 0.6 is 0 Å². The van der Waals surface area contributed by atoms with E-state index in [0.29, 0.717) is 12.1 Å². The van der Waals surface area contributed by atoms with Crippen molar-refractivity contribution in [2.45, 2.75) is 18.6 Å². The van der Waals surface area contributed by atoms with Crippen molar-refractivity contribution in [3.05, 3.63) is 35.1 Å². The van der Waals surface area contributed by atoms with Gasteiger partial charge in [0.05, 0.1) is 5.56 Å². The molecule has 1 atom stereocenters. The fourth-order valence-electron chi connectivity index (χ4n) is 1.26. The third-order valence-electron chi connectivity index (χ3n) is 2.11. The number of nitrogens with two attached hydrogens (primary N) is 1. The van der Waals surface area contributed by atoms with Crippen LogP contribution in [0.1, 0.15) is 11.1 Å². The summed E-state index contributed by atoms with van der Waals surface area (Å²) < 4.78 is 49.9. The third kappa shape index (κ3) is 3.42. The second-order valence-corrected chi connectivity index (χ2v) is 3.46. The van der Waals surface area contributed by atoms with Gasteiger partial charge in [-0.3, -0.25) is 4.79 Å². The number of carbonyl (C=O) groups is 1. The topological polar surface area (TPSA) is 63.3 Å². The lowest BCUT2D eigenvalue weighted by Gasteiger charge is -2.11. The summed E-state index contributed by atoms with van der Waals surface area (Å²) in [5.74, 6) is -2.73. The van der Waals surface area contributed by atoms with E-state index in [9.17, 15) is 22.4 Å². The minimum Gasteiger partial charge on any atom is -0.480 e. The van der Waals surface area contributed by atoms with Crippen LogP contribution in [0.15, 0.2) is 18.2 Å². The molecule has 3 nitrogen and oxygen atoms in total. The highest BCUT2D eigenvalue weighted by Gasteiger charge is 2.34. The minimum absolute atomic E-state index is 0.0219. The highest BCUT2D eigenvalue weighted by atomic mass is 19.4. The van der Waals surface area contributed by atoms with E-state index in [-0.39, 0.29) is 12.0 Å². The van der Waals surface area contributed by atoms with Gasteiger partial charge in [0.2, 0.25) is 0 Å². The van der Waals surface area contributed by atoms with E-state index in [1.165, 1.54) is 0 Å². The van der Waals surface area contributed by atoms with Crippen LogP contribution in [-0.4, -0.2) is 17.1 Å². The molecule has 0 heterocycles. The molecule has 1 rings (SSSR count). The van der Waals surface area contributed by atoms with E-state index in [1.54, 1.807) is 0 Å². The Balaban J connectivity index is 3.01. The lowest BCUT2D eigenvalue weighted by Crippen LogP contribution is -2.32. The largest absolute Gasteiger partial charge is 0.480 e. The molecule has 0 fully saturated rings. The van der Waals surface area contributed by atoms with Crippen molar-refractivity contribution < 1.29 is 27.5 Å². The predicted octanol–water partition coefficient (Wildman–Crippen LogP) is 1.80. The molecule has 0 aliphatic carbocycles. The number of carboxylic acid groups (broad SMARTS) is 1. The summed E-state index contributed by atoms with van der Waals surface area (Å²) in [5, 5.41) is 8.51. The van der Waals surface area contributed by atoms with Crippen molar-refractivity contribution in [2.75, 3.05) is 0 Å². The van der Waals surface area contributed by atoms with Crippen molar-refractivity contribution in [1.82, 2.24) is 0 Å². The SMILES string of the molecule is NC(Cc1ccc(F)c(C(F)(F)F)c1)C(=O)O. The lowest BCUT2D eigenvalue weighted by molar-refractivity contribution is -0.140. The zero-order chi connectivity index (χ0) is 13.2. The Hall–Kier alpha value is -1.63. The van der Waals surface area contributed by atoms with Gasteiger partial charge in [-0.2, -0.15) is 13.2 Å². The highest BCUT2D eigenvalue weighted by molar-refractivity contribution is 5.73. The molecule has 1 aromatic carbocycles. The van der Waals surface area contributed by atoms with Gasteiger partial charge in [0.1, 0.15) is 11.9 Å². The molecule has 17 heavy (non-hydrogen) atoms. The summed E-state index contributed by atoms with van der Waals surface area (Å²) >= 11 is 0. The van der Waals surface area contributed by atoms with Crippen LogP contribution in [0.4, 0.5) is 17.6 Å². The van der Waals surface area contributed by atoms with Crippen LogP contribution in [0, 0.1) is 5.82 Å². The highest BCUT2D eigenvalue weighted by Crippen LogP contribution is 2.32. The van der Waals surface area contributed by atoms with Crippen LogP contribution < -0.4 is 5.73 Å². The number of hydrogen-bond donors (Lipinski definition) is 2. The van der Waals surface area contributed by atoms with Gasteiger partial charge < -0.3 is 10.8 Å². The van der Waals surface area contributed by atoms with E-state index in [1.807, 2.05) is 0 Å². The van der Waals surface area contributed by atoms with Crippen molar-refractivity contribution >= 4 is 5.97 Å². The first-order chi connectivity index (χ1) is 7.71. The summed E-state index contributed by atoms with van der Waals surface area (Å²) in [5.41, 5.74) is 3.77. The molecule has 94 valence electrons. The normalized spacial score (nSPS) is 13.5. The molecule has 0 radical (unpaired) electrons. The number of hydrogen-bond acceptors (Lipinski definition) is 2. The molecule has 0 amide bonds. The summed E-state index contributed by atoms with van der Waals surface area (Å²) in [6.45, 7) is 0. The lowest BCUT2D eigenvalue weighted by atomic mass is 10.0. The quantitative estimate of drug-likeness (QED) is 0.805. The van der Waals surface area contributed by atoms with Gasteiger partial charge in [0.25, 0.3) is 0 Å². The summed E-state index contributed by atoms with van der Waals surface area (Å²) in [6.07, 6.45) is -5.11. The maximum Gasteiger partial charge on any atom is 0.419 e. The summed E-state index contributed by atoms with van der Waals surface area (Å²) in [4.78, 5) is 10.4. The number of aliphatic carboxylic acids is 1. The van der Waals surface area contributed by atoms with E-state index >= 15 is 0 Å². The van der Waals surface area contributed by atoms with Crippen LogP contribution in [0.2, 0.25) is 0 Å². The monoisotopic (exact) mass is 251 g/mol. The fourth-order valence-corrected chi connectivity index (χ4v) is 1.26. The van der Waals surface area contributed by atoms with Crippen molar-refractivity contribution in [1.29, 1.82) is 0 Å². The van der Waals surface area contributed by atoms with Crippen molar-refractivity contribution in [2.24, 2.45) is 5.73 Å². The Bertz CT molecular complexity index is 431. The number of carboxylic acids is 1. The average molecular weight is 251 g/mol. The second-order valence-electron chi connectivity index (χ2n) is 3.46.